The Kier molecular flexibility index (Phi) is 6.14. The van der Waals surface area contributed by atoms with E-state index in [0.717, 1.165) is 5.56 Å². The molecule has 2 heterocycles. The highest BCUT2D eigenvalue weighted by molar-refractivity contribution is 7.89. The van der Waals surface area contributed by atoms with Gasteiger partial charge in [0.15, 0.2) is 5.82 Å². The van der Waals surface area contributed by atoms with E-state index in [2.05, 4.69) is 0 Å². The monoisotopic (exact) mass is 525 g/mol. The summed E-state index contributed by atoms with van der Waals surface area (Å²) in [7, 11) is -3.84. The molecule has 1 aliphatic rings. The van der Waals surface area contributed by atoms with Gasteiger partial charge in [-0.15, -0.1) is 0 Å². The zero-order valence-corrected chi connectivity index (χ0v) is 21.0. The van der Waals surface area contributed by atoms with Crippen LogP contribution in [0.4, 0.5) is 17.2 Å². The number of halogens is 2. The van der Waals surface area contributed by atoms with Crippen LogP contribution in [-0.4, -0.2) is 29.4 Å². The van der Waals surface area contributed by atoms with Crippen LogP contribution in [-0.2, 0) is 16.6 Å². The summed E-state index contributed by atoms with van der Waals surface area (Å²) in [6, 6.07) is 21.0. The van der Waals surface area contributed by atoms with E-state index in [-0.39, 0.29) is 18.1 Å². The molecule has 0 atom stereocenters. The first-order chi connectivity index (χ1) is 16.7. The van der Waals surface area contributed by atoms with Crippen molar-refractivity contribution in [1.82, 2.24) is 14.3 Å². The number of sulfonamides is 1. The smallest absolute Gasteiger partial charge is 0.244 e. The van der Waals surface area contributed by atoms with E-state index < -0.39 is 10.0 Å². The Morgan fingerprint density at radius 2 is 1.63 bits per heavy atom. The molecule has 0 amide bonds. The van der Waals surface area contributed by atoms with Gasteiger partial charge in [-0.2, -0.15) is 4.31 Å². The lowest BCUT2D eigenvalue weighted by molar-refractivity contribution is 0.395. The lowest BCUT2D eigenvalue weighted by Crippen LogP contribution is -2.44. The maximum absolute atomic E-state index is 13.6. The van der Waals surface area contributed by atoms with Gasteiger partial charge in [-0.1, -0.05) is 53.5 Å². The number of rotatable bonds is 4. The van der Waals surface area contributed by atoms with Crippen molar-refractivity contribution in [3.63, 3.8) is 0 Å². The molecule has 0 bridgehead atoms. The SMILES string of the molecule is Cc1nc(-c2ccccc2)nc2c1CN(S(=O)(=O)c1ccc(N)cc1)CN2c1ccc(Cl)c(Cl)c1. The minimum Gasteiger partial charge on any atom is -0.399 e. The minimum absolute atomic E-state index is 0.0301. The molecular weight excluding hydrogens is 505 g/mol. The Labute approximate surface area is 213 Å². The summed E-state index contributed by atoms with van der Waals surface area (Å²) >= 11 is 12.5. The van der Waals surface area contributed by atoms with Crippen LogP contribution < -0.4 is 10.6 Å². The van der Waals surface area contributed by atoms with Crippen LogP contribution in [0.5, 0.6) is 0 Å². The Hall–Kier alpha value is -3.17. The highest BCUT2D eigenvalue weighted by Crippen LogP contribution is 2.38. The van der Waals surface area contributed by atoms with Gasteiger partial charge in [-0.25, -0.2) is 18.4 Å². The largest absolute Gasteiger partial charge is 0.399 e. The van der Waals surface area contributed by atoms with E-state index in [9.17, 15) is 8.42 Å². The maximum Gasteiger partial charge on any atom is 0.244 e. The van der Waals surface area contributed by atoms with E-state index in [1.165, 1.54) is 16.4 Å². The number of hydrogen-bond acceptors (Lipinski definition) is 6. The molecule has 0 saturated heterocycles. The average molecular weight is 526 g/mol. The predicted molar refractivity (Wildman–Crippen MR) is 139 cm³/mol. The summed E-state index contributed by atoms with van der Waals surface area (Å²) in [5, 5.41) is 0.765. The van der Waals surface area contributed by atoms with Gasteiger partial charge in [0.05, 0.1) is 21.6 Å². The Balaban J connectivity index is 1.66. The fourth-order valence-electron chi connectivity index (χ4n) is 3.96. The Bertz CT molecular complexity index is 1510. The van der Waals surface area contributed by atoms with Crippen molar-refractivity contribution in [1.29, 1.82) is 0 Å². The number of aryl methyl sites for hydroxylation is 1. The first-order valence-corrected chi connectivity index (χ1v) is 12.9. The number of benzene rings is 3. The zero-order valence-electron chi connectivity index (χ0n) is 18.7. The first-order valence-electron chi connectivity index (χ1n) is 10.8. The summed E-state index contributed by atoms with van der Waals surface area (Å²) < 4.78 is 28.5. The lowest BCUT2D eigenvalue weighted by atomic mass is 10.1. The molecule has 35 heavy (non-hydrogen) atoms. The number of hydrogen-bond donors (Lipinski definition) is 1. The van der Waals surface area contributed by atoms with Crippen molar-refractivity contribution in [2.75, 3.05) is 17.3 Å². The number of nitrogen functional groups attached to an aromatic ring is 1. The maximum atomic E-state index is 13.6. The third kappa shape index (κ3) is 4.46. The first kappa shape index (κ1) is 23.6. The van der Waals surface area contributed by atoms with E-state index in [1.54, 1.807) is 30.3 Å². The molecule has 7 nitrogen and oxygen atoms in total. The molecule has 0 aliphatic carbocycles. The Morgan fingerprint density at radius 1 is 0.914 bits per heavy atom. The summed E-state index contributed by atoms with van der Waals surface area (Å²) in [5.74, 6) is 1.18. The van der Waals surface area contributed by atoms with Gasteiger partial charge < -0.3 is 10.6 Å². The molecule has 3 aromatic carbocycles. The van der Waals surface area contributed by atoms with E-state index in [4.69, 9.17) is 38.9 Å². The van der Waals surface area contributed by atoms with Crippen molar-refractivity contribution < 1.29 is 8.42 Å². The normalized spacial score (nSPS) is 14.1. The standard InChI is InChI=1S/C25H21Cl2N5O2S/c1-16-21-14-31(35(33,34)20-10-7-18(28)8-11-20)15-32(19-9-12-22(26)23(27)13-19)25(21)30-24(29-16)17-5-3-2-4-6-17/h2-13H,14-15,28H2,1H3. The highest BCUT2D eigenvalue weighted by atomic mass is 35.5. The number of fused-ring (bicyclic) bond motifs is 1. The third-order valence-corrected chi connectivity index (χ3v) is 8.38. The molecule has 10 heteroatoms. The van der Waals surface area contributed by atoms with Crippen LogP contribution in [0.15, 0.2) is 77.7 Å². The van der Waals surface area contributed by atoms with Crippen molar-refractivity contribution in [3.8, 4) is 11.4 Å². The molecule has 0 spiro atoms. The molecule has 5 rings (SSSR count). The molecular formula is C25H21Cl2N5O2S. The number of anilines is 3. The fraction of sp³-hybridized carbons (Fsp3) is 0.120. The van der Waals surface area contributed by atoms with Gasteiger partial charge >= 0.3 is 0 Å². The fourth-order valence-corrected chi connectivity index (χ4v) is 5.60. The van der Waals surface area contributed by atoms with Crippen molar-refractivity contribution >= 4 is 50.4 Å². The molecule has 0 radical (unpaired) electrons. The molecule has 0 fully saturated rings. The minimum atomic E-state index is -3.84. The predicted octanol–water partition coefficient (Wildman–Crippen LogP) is 5.64. The second-order valence-electron chi connectivity index (χ2n) is 8.15. The van der Waals surface area contributed by atoms with E-state index in [1.807, 2.05) is 42.2 Å². The van der Waals surface area contributed by atoms with Gasteiger partial charge in [0.1, 0.15) is 5.82 Å². The number of nitrogens with two attached hydrogens (primary N) is 1. The van der Waals surface area contributed by atoms with Crippen LogP contribution in [0.25, 0.3) is 11.4 Å². The Morgan fingerprint density at radius 3 is 2.31 bits per heavy atom. The van der Waals surface area contributed by atoms with Gasteiger partial charge in [0, 0.05) is 34.7 Å². The molecule has 1 aliphatic heterocycles. The zero-order chi connectivity index (χ0) is 24.7. The van der Waals surface area contributed by atoms with Gasteiger partial charge in [0.25, 0.3) is 0 Å². The summed E-state index contributed by atoms with van der Waals surface area (Å²) in [6.07, 6.45) is 0. The van der Waals surface area contributed by atoms with Crippen LogP contribution in [0, 0.1) is 6.92 Å². The highest BCUT2D eigenvalue weighted by Gasteiger charge is 2.35. The molecule has 0 saturated carbocycles. The second kappa shape index (κ2) is 9.13. The van der Waals surface area contributed by atoms with Crippen LogP contribution >= 0.6 is 23.2 Å². The van der Waals surface area contributed by atoms with E-state index >= 15 is 0 Å². The molecule has 178 valence electrons. The van der Waals surface area contributed by atoms with E-state index in [0.29, 0.717) is 44.3 Å². The van der Waals surface area contributed by atoms with Crippen molar-refractivity contribution in [3.05, 3.63) is 94.1 Å². The van der Waals surface area contributed by atoms with Crippen LogP contribution in [0.3, 0.4) is 0 Å². The van der Waals surface area contributed by atoms with Crippen LogP contribution in [0.1, 0.15) is 11.3 Å². The molecule has 1 aromatic heterocycles. The quantitative estimate of drug-likeness (QED) is 0.346. The molecule has 4 aromatic rings. The summed E-state index contributed by atoms with van der Waals surface area (Å²) in [5.41, 5.74) is 9.18. The molecule has 2 N–H and O–H groups in total. The topological polar surface area (TPSA) is 92.4 Å². The number of aromatic nitrogens is 2. The van der Waals surface area contributed by atoms with Gasteiger partial charge in [-0.05, 0) is 49.4 Å². The number of nitrogens with zero attached hydrogens (tertiary/aromatic N) is 4. The van der Waals surface area contributed by atoms with Crippen LogP contribution in [0.2, 0.25) is 10.0 Å². The molecule has 0 unspecified atom stereocenters. The summed E-state index contributed by atoms with van der Waals surface area (Å²) in [6.45, 7) is 2.02. The van der Waals surface area contributed by atoms with Crippen molar-refractivity contribution in [2.45, 2.75) is 18.4 Å². The summed E-state index contributed by atoms with van der Waals surface area (Å²) in [4.78, 5) is 11.5. The lowest BCUT2D eigenvalue weighted by Gasteiger charge is -2.37. The second-order valence-corrected chi connectivity index (χ2v) is 10.9. The van der Waals surface area contributed by atoms with Gasteiger partial charge in [0.2, 0.25) is 10.0 Å². The van der Waals surface area contributed by atoms with Crippen molar-refractivity contribution in [2.24, 2.45) is 0 Å². The average Bonchev–Trinajstić information content (AvgIpc) is 2.86. The van der Waals surface area contributed by atoms with Gasteiger partial charge in [-0.3, -0.25) is 0 Å². The third-order valence-electron chi connectivity index (χ3n) is 5.85.